The molecule has 0 aromatic carbocycles. The Bertz CT molecular complexity index is 439. The summed E-state index contributed by atoms with van der Waals surface area (Å²) in [5, 5.41) is 3.90. The molecular formula is C10H14N4OS. The Morgan fingerprint density at radius 1 is 1.56 bits per heavy atom. The van der Waals surface area contributed by atoms with Crippen LogP contribution in [-0.2, 0) is 0 Å². The summed E-state index contributed by atoms with van der Waals surface area (Å²) >= 11 is 1.48. The molecule has 2 heterocycles. The third-order valence-corrected chi connectivity index (χ3v) is 3.41. The van der Waals surface area contributed by atoms with Crippen LogP contribution in [0.25, 0.3) is 10.7 Å². The van der Waals surface area contributed by atoms with Gasteiger partial charge >= 0.3 is 0 Å². The van der Waals surface area contributed by atoms with Crippen molar-refractivity contribution in [1.29, 1.82) is 0 Å². The Hall–Kier alpha value is -1.27. The van der Waals surface area contributed by atoms with Crippen molar-refractivity contribution in [2.45, 2.75) is 26.3 Å². The van der Waals surface area contributed by atoms with Gasteiger partial charge in [-0.05, 0) is 5.92 Å². The van der Waals surface area contributed by atoms with Gasteiger partial charge < -0.3 is 10.3 Å². The van der Waals surface area contributed by atoms with Crippen molar-refractivity contribution in [3.63, 3.8) is 0 Å². The summed E-state index contributed by atoms with van der Waals surface area (Å²) in [6, 6.07) is -0.195. The third kappa shape index (κ3) is 2.12. The average molecular weight is 238 g/mol. The monoisotopic (exact) mass is 238 g/mol. The largest absolute Gasteiger partial charge is 0.337 e. The minimum Gasteiger partial charge on any atom is -0.337 e. The van der Waals surface area contributed by atoms with Crippen molar-refractivity contribution in [3.8, 4) is 10.7 Å². The molecule has 0 spiro atoms. The standard InChI is InChI=1S/C10H14N4OS/c1-3-6(2)8(11)10-13-9(14-15-10)7-4-12-5-16-7/h4-6,8H,3,11H2,1-2H3/t6-,8-/m0/s1. The number of hydrogen-bond donors (Lipinski definition) is 1. The molecule has 0 saturated carbocycles. The summed E-state index contributed by atoms with van der Waals surface area (Å²) < 4.78 is 5.17. The zero-order chi connectivity index (χ0) is 11.5. The average Bonchev–Trinajstić information content (AvgIpc) is 2.96. The number of aromatic nitrogens is 3. The fourth-order valence-corrected chi connectivity index (χ4v) is 1.84. The molecule has 0 amide bonds. The van der Waals surface area contributed by atoms with E-state index in [9.17, 15) is 0 Å². The minimum absolute atomic E-state index is 0.195. The lowest BCUT2D eigenvalue weighted by atomic mass is 10.0. The molecule has 86 valence electrons. The van der Waals surface area contributed by atoms with Crippen LogP contribution in [0.2, 0.25) is 0 Å². The van der Waals surface area contributed by atoms with E-state index in [4.69, 9.17) is 10.3 Å². The van der Waals surface area contributed by atoms with Crippen LogP contribution >= 0.6 is 11.3 Å². The zero-order valence-corrected chi connectivity index (χ0v) is 10.1. The predicted molar refractivity (Wildman–Crippen MR) is 61.8 cm³/mol. The number of hydrogen-bond acceptors (Lipinski definition) is 6. The maximum atomic E-state index is 6.01. The SMILES string of the molecule is CC[C@H](C)[C@H](N)c1nc(-c2cncs2)no1. The van der Waals surface area contributed by atoms with Crippen LogP contribution in [0.5, 0.6) is 0 Å². The fraction of sp³-hybridized carbons (Fsp3) is 0.500. The first kappa shape index (κ1) is 11.2. The molecule has 2 N–H and O–H groups in total. The van der Waals surface area contributed by atoms with Crippen LogP contribution in [0.1, 0.15) is 32.2 Å². The van der Waals surface area contributed by atoms with E-state index in [1.54, 1.807) is 11.7 Å². The zero-order valence-electron chi connectivity index (χ0n) is 9.25. The molecule has 0 aliphatic rings. The molecule has 16 heavy (non-hydrogen) atoms. The second-order valence-electron chi connectivity index (χ2n) is 3.73. The summed E-state index contributed by atoms with van der Waals surface area (Å²) in [6.45, 7) is 4.16. The van der Waals surface area contributed by atoms with Crippen molar-refractivity contribution in [3.05, 3.63) is 17.6 Å². The van der Waals surface area contributed by atoms with E-state index >= 15 is 0 Å². The van der Waals surface area contributed by atoms with Gasteiger partial charge in [-0.2, -0.15) is 4.98 Å². The van der Waals surface area contributed by atoms with Gasteiger partial charge in [0, 0.05) is 6.20 Å². The number of rotatable bonds is 4. The molecule has 0 bridgehead atoms. The summed E-state index contributed by atoms with van der Waals surface area (Å²) in [4.78, 5) is 9.15. The van der Waals surface area contributed by atoms with Crippen molar-refractivity contribution in [2.24, 2.45) is 11.7 Å². The molecule has 2 rings (SSSR count). The van der Waals surface area contributed by atoms with Crippen molar-refractivity contribution in [1.82, 2.24) is 15.1 Å². The van der Waals surface area contributed by atoms with Crippen LogP contribution in [0.3, 0.4) is 0 Å². The van der Waals surface area contributed by atoms with E-state index < -0.39 is 0 Å². The van der Waals surface area contributed by atoms with Gasteiger partial charge in [0.15, 0.2) is 0 Å². The Kier molecular flexibility index (Phi) is 3.31. The summed E-state index contributed by atoms with van der Waals surface area (Å²) in [5.74, 6) is 1.39. The van der Waals surface area contributed by atoms with Crippen LogP contribution in [0.15, 0.2) is 16.2 Å². The maximum absolute atomic E-state index is 6.01. The van der Waals surface area contributed by atoms with Crippen LogP contribution in [-0.4, -0.2) is 15.1 Å². The highest BCUT2D eigenvalue weighted by Gasteiger charge is 2.20. The molecule has 0 saturated heterocycles. The molecule has 2 atom stereocenters. The minimum atomic E-state index is -0.195. The molecule has 0 aliphatic carbocycles. The Labute approximate surface area is 97.7 Å². The summed E-state index contributed by atoms with van der Waals surface area (Å²) in [5.41, 5.74) is 7.74. The first-order chi connectivity index (χ1) is 7.72. The van der Waals surface area contributed by atoms with Crippen molar-refractivity contribution in [2.75, 3.05) is 0 Å². The van der Waals surface area contributed by atoms with Gasteiger partial charge in [0.2, 0.25) is 11.7 Å². The van der Waals surface area contributed by atoms with E-state index in [0.717, 1.165) is 11.3 Å². The molecule has 0 fully saturated rings. The van der Waals surface area contributed by atoms with E-state index in [2.05, 4.69) is 29.0 Å². The van der Waals surface area contributed by atoms with Crippen LogP contribution in [0.4, 0.5) is 0 Å². The van der Waals surface area contributed by atoms with Crippen LogP contribution in [0, 0.1) is 5.92 Å². The topological polar surface area (TPSA) is 77.8 Å². The Morgan fingerprint density at radius 2 is 2.38 bits per heavy atom. The lowest BCUT2D eigenvalue weighted by Crippen LogP contribution is -2.18. The lowest BCUT2D eigenvalue weighted by molar-refractivity contribution is 0.312. The van der Waals surface area contributed by atoms with Gasteiger partial charge in [-0.1, -0.05) is 25.4 Å². The fourth-order valence-electron chi connectivity index (χ4n) is 1.29. The lowest BCUT2D eigenvalue weighted by Gasteiger charge is -2.12. The van der Waals surface area contributed by atoms with Crippen LogP contribution < -0.4 is 5.73 Å². The van der Waals surface area contributed by atoms with Gasteiger partial charge in [0.25, 0.3) is 0 Å². The molecular weight excluding hydrogens is 224 g/mol. The van der Waals surface area contributed by atoms with E-state index in [0.29, 0.717) is 17.6 Å². The van der Waals surface area contributed by atoms with E-state index in [-0.39, 0.29) is 6.04 Å². The second kappa shape index (κ2) is 4.71. The maximum Gasteiger partial charge on any atom is 0.244 e. The second-order valence-corrected chi connectivity index (χ2v) is 4.62. The normalized spacial score (nSPS) is 14.9. The Balaban J connectivity index is 2.20. The predicted octanol–water partition coefficient (Wildman–Crippen LogP) is 2.24. The van der Waals surface area contributed by atoms with Gasteiger partial charge in [-0.3, -0.25) is 4.98 Å². The Morgan fingerprint density at radius 3 is 3.00 bits per heavy atom. The highest BCUT2D eigenvalue weighted by Crippen LogP contribution is 2.24. The number of nitrogens with two attached hydrogens (primary N) is 1. The van der Waals surface area contributed by atoms with Gasteiger partial charge in [-0.25, -0.2) is 0 Å². The molecule has 0 unspecified atom stereocenters. The first-order valence-corrected chi connectivity index (χ1v) is 6.08. The number of thiazole rings is 1. The number of nitrogens with zero attached hydrogens (tertiary/aromatic N) is 3. The summed E-state index contributed by atoms with van der Waals surface area (Å²) in [6.07, 6.45) is 2.70. The highest BCUT2D eigenvalue weighted by molar-refractivity contribution is 7.13. The van der Waals surface area contributed by atoms with Crippen molar-refractivity contribution >= 4 is 11.3 Å². The highest BCUT2D eigenvalue weighted by atomic mass is 32.1. The van der Waals surface area contributed by atoms with Gasteiger partial charge in [0.05, 0.1) is 16.4 Å². The van der Waals surface area contributed by atoms with Crippen molar-refractivity contribution < 1.29 is 4.52 Å². The molecule has 0 radical (unpaired) electrons. The van der Waals surface area contributed by atoms with Gasteiger partial charge in [0.1, 0.15) is 0 Å². The molecule has 0 aliphatic heterocycles. The van der Waals surface area contributed by atoms with E-state index in [1.807, 2.05) is 0 Å². The summed E-state index contributed by atoms with van der Waals surface area (Å²) in [7, 11) is 0. The third-order valence-electron chi connectivity index (χ3n) is 2.64. The van der Waals surface area contributed by atoms with Gasteiger partial charge in [-0.15, -0.1) is 11.3 Å². The van der Waals surface area contributed by atoms with E-state index in [1.165, 1.54) is 11.3 Å². The molecule has 5 nitrogen and oxygen atoms in total. The molecule has 6 heteroatoms. The quantitative estimate of drug-likeness (QED) is 0.883. The molecule has 2 aromatic rings. The molecule has 2 aromatic heterocycles. The smallest absolute Gasteiger partial charge is 0.244 e. The first-order valence-electron chi connectivity index (χ1n) is 5.20.